The molecule has 0 saturated heterocycles. The molecule has 0 saturated carbocycles. The zero-order valence-corrected chi connectivity index (χ0v) is 20.5. The van der Waals surface area contributed by atoms with Crippen molar-refractivity contribution in [3.05, 3.63) is 41.2 Å². The van der Waals surface area contributed by atoms with Crippen molar-refractivity contribution in [2.75, 3.05) is 14.2 Å². The van der Waals surface area contributed by atoms with E-state index in [1.54, 1.807) is 14.2 Å². The molecule has 1 aromatic heterocycles. The first-order valence-corrected chi connectivity index (χ1v) is 10.8. The summed E-state index contributed by atoms with van der Waals surface area (Å²) in [5.41, 5.74) is 4.21. The van der Waals surface area contributed by atoms with Gasteiger partial charge in [0.05, 0.1) is 25.3 Å². The number of hydrogen-bond donors (Lipinski definition) is 1. The fourth-order valence-electron chi connectivity index (χ4n) is 3.97. The van der Waals surface area contributed by atoms with E-state index in [4.69, 9.17) is 14.5 Å². The lowest BCUT2D eigenvalue weighted by Crippen LogP contribution is -2.18. The molecule has 168 valence electrons. The highest BCUT2D eigenvalue weighted by Gasteiger charge is 2.28. The summed E-state index contributed by atoms with van der Waals surface area (Å²) in [6, 6.07) is 8.09. The second-order valence-corrected chi connectivity index (χ2v) is 10.5. The van der Waals surface area contributed by atoms with E-state index in [2.05, 4.69) is 72.1 Å². The Bertz CT molecular complexity index is 1080. The average Bonchev–Trinajstić information content (AvgIpc) is 3.03. The number of phenolic OH excluding ortho intramolecular Hbond substituents is 1. The molecule has 0 spiro atoms. The highest BCUT2D eigenvalue weighted by atomic mass is 16.5. The molecular weight excluding hydrogens is 388 g/mol. The largest absolute Gasteiger partial charge is 0.507 e. The van der Waals surface area contributed by atoms with Crippen LogP contribution >= 0.6 is 0 Å². The Labute approximate surface area is 186 Å². The van der Waals surface area contributed by atoms with Gasteiger partial charge in [-0.1, -0.05) is 55.4 Å². The maximum Gasteiger partial charge on any atom is 0.163 e. The molecule has 31 heavy (non-hydrogen) atoms. The Kier molecular flexibility index (Phi) is 5.76. The van der Waals surface area contributed by atoms with Crippen molar-refractivity contribution in [1.82, 2.24) is 9.55 Å². The van der Waals surface area contributed by atoms with Gasteiger partial charge in [0.15, 0.2) is 11.5 Å². The number of methoxy groups -OCH3 is 2. The van der Waals surface area contributed by atoms with Crippen LogP contribution in [0.3, 0.4) is 0 Å². The molecule has 0 aliphatic rings. The molecule has 5 nitrogen and oxygen atoms in total. The maximum absolute atomic E-state index is 11.2. The van der Waals surface area contributed by atoms with Gasteiger partial charge in [0.2, 0.25) is 0 Å². The smallest absolute Gasteiger partial charge is 0.163 e. The minimum absolute atomic E-state index is 0.203. The number of aromatic nitrogens is 2. The molecule has 3 rings (SSSR count). The third-order valence-corrected chi connectivity index (χ3v) is 5.67. The molecule has 0 unspecified atom stereocenters. The molecule has 0 amide bonds. The van der Waals surface area contributed by atoms with E-state index < -0.39 is 0 Å². The first kappa shape index (κ1) is 23.0. The normalized spacial score (nSPS) is 12.6. The first-order valence-electron chi connectivity index (χ1n) is 10.8. The fraction of sp³-hybridized carbons (Fsp3) is 0.500. The number of imidazole rings is 1. The van der Waals surface area contributed by atoms with Gasteiger partial charge in [-0.15, -0.1) is 0 Å². The summed E-state index contributed by atoms with van der Waals surface area (Å²) in [5, 5.41) is 11.2. The summed E-state index contributed by atoms with van der Waals surface area (Å²) < 4.78 is 13.3. The Balaban J connectivity index is 2.46. The predicted molar refractivity (Wildman–Crippen MR) is 127 cm³/mol. The van der Waals surface area contributed by atoms with E-state index in [0.29, 0.717) is 17.2 Å². The summed E-state index contributed by atoms with van der Waals surface area (Å²) in [6.45, 7) is 17.0. The van der Waals surface area contributed by atoms with Crippen molar-refractivity contribution in [3.8, 4) is 22.9 Å². The van der Waals surface area contributed by atoms with E-state index in [1.165, 1.54) is 0 Å². The van der Waals surface area contributed by atoms with E-state index in [9.17, 15) is 5.11 Å². The van der Waals surface area contributed by atoms with Crippen LogP contribution in [0.1, 0.15) is 78.3 Å². The second-order valence-electron chi connectivity index (χ2n) is 10.5. The lowest BCUT2D eigenvalue weighted by Gasteiger charge is -2.29. The van der Waals surface area contributed by atoms with Crippen LogP contribution in [-0.2, 0) is 10.8 Å². The van der Waals surface area contributed by atoms with Gasteiger partial charge in [0, 0.05) is 34.9 Å². The summed E-state index contributed by atoms with van der Waals surface area (Å²) in [5.74, 6) is 2.85. The summed E-state index contributed by atoms with van der Waals surface area (Å²) in [4.78, 5) is 4.94. The summed E-state index contributed by atoms with van der Waals surface area (Å²) in [6.07, 6.45) is 0. The molecule has 5 heteroatoms. The molecule has 0 aliphatic heterocycles. The molecule has 0 atom stereocenters. The minimum atomic E-state index is -0.213. The third kappa shape index (κ3) is 4.10. The molecule has 0 aliphatic carbocycles. The SMILES string of the molecule is COc1cc2nc(C(C)C)n(-c3cc(C(C)(C)C)c(O)c(C(C)(C)C)c3)c2cc1OC. The number of benzene rings is 2. The zero-order chi connectivity index (χ0) is 23.3. The van der Waals surface area contributed by atoms with Crippen molar-refractivity contribution in [2.45, 2.75) is 72.1 Å². The standard InChI is InChI=1S/C26H36N2O3/c1-15(2)24-27-19-13-21(30-9)22(31-10)14-20(19)28(24)16-11-17(25(3,4)5)23(29)18(12-16)26(6,7)8/h11-15,29H,1-10H3. The first-order chi connectivity index (χ1) is 14.3. The van der Waals surface area contributed by atoms with Gasteiger partial charge in [0.1, 0.15) is 11.6 Å². The lowest BCUT2D eigenvalue weighted by molar-refractivity contribution is 0.355. The zero-order valence-electron chi connectivity index (χ0n) is 20.5. The highest BCUT2D eigenvalue weighted by Crippen LogP contribution is 2.42. The molecule has 2 aromatic carbocycles. The Hall–Kier alpha value is -2.69. The van der Waals surface area contributed by atoms with Gasteiger partial charge >= 0.3 is 0 Å². The lowest BCUT2D eigenvalue weighted by atomic mass is 9.79. The maximum atomic E-state index is 11.2. The van der Waals surface area contributed by atoms with Crippen LogP contribution in [-0.4, -0.2) is 28.9 Å². The number of rotatable bonds is 4. The van der Waals surface area contributed by atoms with Crippen molar-refractivity contribution in [3.63, 3.8) is 0 Å². The van der Waals surface area contributed by atoms with Gasteiger partial charge in [-0.2, -0.15) is 0 Å². The van der Waals surface area contributed by atoms with E-state index in [-0.39, 0.29) is 16.7 Å². The second kappa shape index (κ2) is 7.77. The van der Waals surface area contributed by atoms with Crippen LogP contribution in [0.5, 0.6) is 17.2 Å². The van der Waals surface area contributed by atoms with E-state index in [0.717, 1.165) is 33.7 Å². The van der Waals surface area contributed by atoms with E-state index in [1.807, 2.05) is 12.1 Å². The van der Waals surface area contributed by atoms with Crippen molar-refractivity contribution < 1.29 is 14.6 Å². The van der Waals surface area contributed by atoms with Gasteiger partial charge < -0.3 is 14.6 Å². The van der Waals surface area contributed by atoms with Gasteiger partial charge in [-0.05, 0) is 23.0 Å². The van der Waals surface area contributed by atoms with Gasteiger partial charge in [0.25, 0.3) is 0 Å². The summed E-state index contributed by atoms with van der Waals surface area (Å²) in [7, 11) is 3.28. The number of nitrogens with zero attached hydrogens (tertiary/aromatic N) is 2. The third-order valence-electron chi connectivity index (χ3n) is 5.67. The highest BCUT2D eigenvalue weighted by molar-refractivity contribution is 5.83. The monoisotopic (exact) mass is 424 g/mol. The van der Waals surface area contributed by atoms with Crippen LogP contribution in [0.2, 0.25) is 0 Å². The average molecular weight is 425 g/mol. The van der Waals surface area contributed by atoms with Crippen molar-refractivity contribution in [1.29, 1.82) is 0 Å². The summed E-state index contributed by atoms with van der Waals surface area (Å²) >= 11 is 0. The van der Waals surface area contributed by atoms with Crippen LogP contribution in [0.25, 0.3) is 16.7 Å². The molecule has 1 heterocycles. The Morgan fingerprint density at radius 1 is 0.839 bits per heavy atom. The number of ether oxygens (including phenoxy) is 2. The number of phenols is 1. The Morgan fingerprint density at radius 2 is 1.32 bits per heavy atom. The number of aromatic hydroxyl groups is 1. The van der Waals surface area contributed by atoms with Crippen molar-refractivity contribution >= 4 is 11.0 Å². The topological polar surface area (TPSA) is 56.5 Å². The van der Waals surface area contributed by atoms with Crippen LogP contribution in [0.4, 0.5) is 0 Å². The predicted octanol–water partition coefficient (Wildman–Crippen LogP) is 6.47. The molecular formula is C26H36N2O3. The molecule has 3 aromatic rings. The minimum Gasteiger partial charge on any atom is -0.507 e. The molecule has 0 radical (unpaired) electrons. The van der Waals surface area contributed by atoms with Gasteiger partial charge in [-0.3, -0.25) is 4.57 Å². The molecule has 1 N–H and O–H groups in total. The molecule has 0 bridgehead atoms. The number of hydrogen-bond acceptors (Lipinski definition) is 4. The quantitative estimate of drug-likeness (QED) is 0.522. The Morgan fingerprint density at radius 3 is 1.74 bits per heavy atom. The fourth-order valence-corrected chi connectivity index (χ4v) is 3.97. The van der Waals surface area contributed by atoms with Crippen LogP contribution < -0.4 is 9.47 Å². The number of fused-ring (bicyclic) bond motifs is 1. The van der Waals surface area contributed by atoms with Crippen LogP contribution in [0, 0.1) is 0 Å². The van der Waals surface area contributed by atoms with Crippen molar-refractivity contribution in [2.24, 2.45) is 0 Å². The van der Waals surface area contributed by atoms with E-state index >= 15 is 0 Å². The van der Waals surface area contributed by atoms with Crippen LogP contribution in [0.15, 0.2) is 24.3 Å². The molecule has 0 fully saturated rings. The van der Waals surface area contributed by atoms with Gasteiger partial charge in [-0.25, -0.2) is 4.98 Å².